The average molecular weight is 591 g/mol. The molecule has 3 aromatic rings. The van der Waals surface area contributed by atoms with Crippen LogP contribution in [0, 0.1) is 0 Å². The predicted molar refractivity (Wildman–Crippen MR) is 142 cm³/mol. The van der Waals surface area contributed by atoms with Gasteiger partial charge in [0.15, 0.2) is 11.5 Å². The zero-order valence-electron chi connectivity index (χ0n) is 18.6. The van der Waals surface area contributed by atoms with Crippen LogP contribution in [0.15, 0.2) is 50.4 Å². The molecule has 9 nitrogen and oxygen atoms in total. The summed E-state index contributed by atoms with van der Waals surface area (Å²) in [6.45, 7) is 4.08. The van der Waals surface area contributed by atoms with Crippen LogP contribution in [0.25, 0.3) is 0 Å². The summed E-state index contributed by atoms with van der Waals surface area (Å²) < 4.78 is 6.88. The van der Waals surface area contributed by atoms with Gasteiger partial charge >= 0.3 is 0 Å². The number of ether oxygens (including phenoxy) is 1. The van der Waals surface area contributed by atoms with Crippen molar-refractivity contribution >= 4 is 61.6 Å². The third kappa shape index (κ3) is 5.95. The summed E-state index contributed by atoms with van der Waals surface area (Å²) in [4.78, 5) is 15.8. The lowest BCUT2D eigenvalue weighted by molar-refractivity contribution is 0.317. The number of nitrogens with zero attached hydrogens (tertiary/aromatic N) is 5. The first-order valence-corrected chi connectivity index (χ1v) is 12.6. The van der Waals surface area contributed by atoms with Crippen molar-refractivity contribution in [1.29, 1.82) is 0 Å². The summed E-state index contributed by atoms with van der Waals surface area (Å²) in [5, 5.41) is 18.1. The molecule has 34 heavy (non-hydrogen) atoms. The summed E-state index contributed by atoms with van der Waals surface area (Å²) in [5.74, 6) is 1.65. The van der Waals surface area contributed by atoms with Gasteiger partial charge in [0.25, 0.3) is 0 Å². The lowest BCUT2D eigenvalue weighted by Gasteiger charge is -2.26. The molecule has 4 rings (SSSR count). The zero-order valence-corrected chi connectivity index (χ0v) is 21.8. The molecule has 1 fully saturated rings. The number of aromatic nitrogens is 3. The summed E-state index contributed by atoms with van der Waals surface area (Å²) in [5.41, 5.74) is 4.21. The molecule has 2 aromatic carbocycles. The smallest absolute Gasteiger partial charge is 0.250 e. The van der Waals surface area contributed by atoms with Crippen LogP contribution < -0.4 is 20.4 Å². The van der Waals surface area contributed by atoms with E-state index in [0.717, 1.165) is 36.1 Å². The normalized spacial score (nSPS) is 13.8. The van der Waals surface area contributed by atoms with Crippen LogP contribution in [-0.2, 0) is 0 Å². The second kappa shape index (κ2) is 11.5. The Balaban J connectivity index is 1.61. The minimum absolute atomic E-state index is 0.0152. The molecular formula is C23H25Br2N7O2. The lowest BCUT2D eigenvalue weighted by Crippen LogP contribution is -2.31. The maximum absolute atomic E-state index is 10.6. The first-order valence-electron chi connectivity index (χ1n) is 11.0. The van der Waals surface area contributed by atoms with Crippen LogP contribution in [-0.4, -0.2) is 46.0 Å². The number of hydrogen-bond donors (Lipinski definition) is 3. The van der Waals surface area contributed by atoms with Crippen molar-refractivity contribution in [2.24, 2.45) is 5.10 Å². The van der Waals surface area contributed by atoms with Crippen LogP contribution in [0.1, 0.15) is 31.7 Å². The van der Waals surface area contributed by atoms with E-state index in [2.05, 4.69) is 67.6 Å². The lowest BCUT2D eigenvalue weighted by atomic mass is 10.1. The van der Waals surface area contributed by atoms with Crippen molar-refractivity contribution in [3.8, 4) is 11.5 Å². The fourth-order valence-electron chi connectivity index (χ4n) is 3.51. The minimum Gasteiger partial charge on any atom is -0.504 e. The number of nitrogens with one attached hydrogen (secondary N) is 2. The molecule has 178 valence electrons. The molecule has 3 N–H and O–H groups in total. The summed E-state index contributed by atoms with van der Waals surface area (Å²) in [7, 11) is 0. The van der Waals surface area contributed by atoms with Gasteiger partial charge in [-0.15, -0.1) is 0 Å². The highest BCUT2D eigenvalue weighted by Crippen LogP contribution is 2.39. The molecule has 1 aromatic heterocycles. The second-order valence-corrected chi connectivity index (χ2v) is 9.20. The largest absolute Gasteiger partial charge is 0.504 e. The average Bonchev–Trinajstić information content (AvgIpc) is 2.86. The molecule has 11 heteroatoms. The van der Waals surface area contributed by atoms with E-state index in [-0.39, 0.29) is 5.75 Å². The van der Waals surface area contributed by atoms with Gasteiger partial charge in [-0.05, 0) is 76.2 Å². The van der Waals surface area contributed by atoms with Crippen LogP contribution in [0.4, 0.5) is 23.5 Å². The molecule has 0 radical (unpaired) electrons. The van der Waals surface area contributed by atoms with Crippen molar-refractivity contribution in [2.45, 2.75) is 26.2 Å². The van der Waals surface area contributed by atoms with Crippen molar-refractivity contribution in [2.75, 3.05) is 35.3 Å². The fourth-order valence-corrected chi connectivity index (χ4v) is 4.33. The molecule has 0 unspecified atom stereocenters. The number of rotatable bonds is 8. The Kier molecular flexibility index (Phi) is 8.17. The number of benzene rings is 2. The van der Waals surface area contributed by atoms with Gasteiger partial charge in [-0.1, -0.05) is 18.2 Å². The number of anilines is 4. The zero-order chi connectivity index (χ0) is 23.9. The van der Waals surface area contributed by atoms with E-state index in [1.165, 1.54) is 12.6 Å². The highest BCUT2D eigenvalue weighted by molar-refractivity contribution is 9.13. The Labute approximate surface area is 214 Å². The third-order valence-corrected chi connectivity index (χ3v) is 7.15. The standard InChI is InChI=1S/C23H25Br2N7O2/c1-2-34-18-13-17(24)19(25)16(20(18)33)14-26-31-22-28-21(27-15-9-5-3-6-10-15)29-23(30-22)32-11-7-4-8-12-32/h3,5-6,9-10,13-14,33H,2,4,7-8,11-12H2,1H3,(H2,27,28,29,30,31). The Hall–Kier alpha value is -2.92. The molecule has 1 aliphatic heterocycles. The first kappa shape index (κ1) is 24.2. The monoisotopic (exact) mass is 589 g/mol. The topological polar surface area (TPSA) is 108 Å². The van der Waals surface area contributed by atoms with E-state index in [0.29, 0.717) is 40.2 Å². The van der Waals surface area contributed by atoms with Gasteiger partial charge in [-0.25, -0.2) is 5.43 Å². The van der Waals surface area contributed by atoms with E-state index in [4.69, 9.17) is 4.74 Å². The Morgan fingerprint density at radius 2 is 1.82 bits per heavy atom. The van der Waals surface area contributed by atoms with Crippen molar-refractivity contribution in [3.63, 3.8) is 0 Å². The van der Waals surface area contributed by atoms with Gasteiger partial charge in [0.2, 0.25) is 17.8 Å². The molecule has 0 aliphatic carbocycles. The number of aromatic hydroxyl groups is 1. The number of para-hydroxylation sites is 1. The van der Waals surface area contributed by atoms with E-state index < -0.39 is 0 Å². The SMILES string of the molecule is CCOc1cc(Br)c(Br)c(C=NNc2nc(Nc3ccccc3)nc(N3CCCCC3)n2)c1O. The number of hydrazone groups is 1. The number of phenols is 1. The van der Waals surface area contributed by atoms with Crippen LogP contribution in [0.3, 0.4) is 0 Å². The van der Waals surface area contributed by atoms with Crippen LogP contribution >= 0.6 is 31.9 Å². The summed E-state index contributed by atoms with van der Waals surface area (Å²) in [6.07, 6.45) is 4.90. The Morgan fingerprint density at radius 3 is 2.56 bits per heavy atom. The number of halogens is 2. The number of hydrogen-bond acceptors (Lipinski definition) is 9. The van der Waals surface area contributed by atoms with Gasteiger partial charge < -0.3 is 20.1 Å². The molecule has 0 atom stereocenters. The maximum Gasteiger partial charge on any atom is 0.250 e. The van der Waals surface area contributed by atoms with E-state index >= 15 is 0 Å². The quantitative estimate of drug-likeness (QED) is 0.227. The van der Waals surface area contributed by atoms with Crippen molar-refractivity contribution in [1.82, 2.24) is 15.0 Å². The first-order chi connectivity index (χ1) is 16.5. The predicted octanol–water partition coefficient (Wildman–Crippen LogP) is 5.68. The number of piperidine rings is 1. The molecular weight excluding hydrogens is 566 g/mol. The van der Waals surface area contributed by atoms with Gasteiger partial charge in [0, 0.05) is 27.7 Å². The molecule has 0 amide bonds. The summed E-state index contributed by atoms with van der Waals surface area (Å²) >= 11 is 6.94. The highest BCUT2D eigenvalue weighted by Gasteiger charge is 2.17. The van der Waals surface area contributed by atoms with Gasteiger partial charge in [0.05, 0.1) is 18.4 Å². The van der Waals surface area contributed by atoms with Gasteiger partial charge in [0.1, 0.15) is 0 Å². The molecule has 0 spiro atoms. The van der Waals surface area contributed by atoms with Crippen molar-refractivity contribution in [3.05, 3.63) is 50.9 Å². The third-order valence-electron chi connectivity index (χ3n) is 5.14. The highest BCUT2D eigenvalue weighted by atomic mass is 79.9. The minimum atomic E-state index is -0.0152. The molecule has 1 saturated heterocycles. The maximum atomic E-state index is 10.6. The Bertz CT molecular complexity index is 1160. The fraction of sp³-hybridized carbons (Fsp3) is 0.304. The van der Waals surface area contributed by atoms with Crippen LogP contribution in [0.5, 0.6) is 11.5 Å². The van der Waals surface area contributed by atoms with Gasteiger partial charge in [-0.2, -0.15) is 20.1 Å². The Morgan fingerprint density at radius 1 is 1.09 bits per heavy atom. The van der Waals surface area contributed by atoms with Crippen LogP contribution in [0.2, 0.25) is 0 Å². The molecule has 1 aliphatic rings. The number of phenolic OH excluding ortho intramolecular Hbond substituents is 1. The van der Waals surface area contributed by atoms with E-state index in [9.17, 15) is 5.11 Å². The van der Waals surface area contributed by atoms with Crippen molar-refractivity contribution < 1.29 is 9.84 Å². The molecule has 0 saturated carbocycles. The van der Waals surface area contributed by atoms with Gasteiger partial charge in [-0.3, -0.25) is 0 Å². The van der Waals surface area contributed by atoms with E-state index in [1.807, 2.05) is 37.3 Å². The summed E-state index contributed by atoms with van der Waals surface area (Å²) in [6, 6.07) is 11.4. The van der Waals surface area contributed by atoms with E-state index in [1.54, 1.807) is 6.07 Å². The molecule has 0 bridgehead atoms. The second-order valence-electron chi connectivity index (χ2n) is 7.56. The molecule has 2 heterocycles.